The van der Waals surface area contributed by atoms with Crippen LogP contribution in [0.1, 0.15) is 29.0 Å². The van der Waals surface area contributed by atoms with Gasteiger partial charge >= 0.3 is 0 Å². The van der Waals surface area contributed by atoms with Crippen molar-refractivity contribution in [1.82, 2.24) is 0 Å². The summed E-state index contributed by atoms with van der Waals surface area (Å²) in [6.07, 6.45) is 1.10. The van der Waals surface area contributed by atoms with Gasteiger partial charge in [-0.3, -0.25) is 20.2 Å². The Morgan fingerprint density at radius 3 is 2.50 bits per heavy atom. The van der Waals surface area contributed by atoms with Crippen molar-refractivity contribution in [2.75, 3.05) is 0 Å². The molecular weight excluding hydrogens is 332 g/mol. The summed E-state index contributed by atoms with van der Waals surface area (Å²) in [6.45, 7) is 0. The fourth-order valence-corrected chi connectivity index (χ4v) is 4.72. The second kappa shape index (κ2) is 5.11. The van der Waals surface area contributed by atoms with Gasteiger partial charge in [0.1, 0.15) is 0 Å². The van der Waals surface area contributed by atoms with E-state index in [2.05, 4.69) is 0 Å². The fourth-order valence-electron chi connectivity index (χ4n) is 4.72. The van der Waals surface area contributed by atoms with Gasteiger partial charge in [-0.1, -0.05) is 36.4 Å². The van der Waals surface area contributed by atoms with Crippen LogP contribution in [0.4, 0.5) is 5.69 Å². The molecule has 6 nitrogen and oxygen atoms in total. The lowest BCUT2D eigenvalue weighted by atomic mass is 9.68. The van der Waals surface area contributed by atoms with Crippen molar-refractivity contribution in [2.45, 2.75) is 24.8 Å². The summed E-state index contributed by atoms with van der Waals surface area (Å²) in [7, 11) is 0. The van der Waals surface area contributed by atoms with Crippen LogP contribution in [0, 0.1) is 20.2 Å². The minimum Gasteiger partial charge on any atom is -0.264 e. The Hall–Kier alpha value is -3.28. The van der Waals surface area contributed by atoms with Gasteiger partial charge in [-0.05, 0) is 40.1 Å². The van der Waals surface area contributed by atoms with Crippen LogP contribution in [0.2, 0.25) is 0 Å². The first-order valence-electron chi connectivity index (χ1n) is 8.53. The molecular formula is C20H14N2O4. The molecule has 6 heteroatoms. The molecule has 2 atom stereocenters. The maximum atomic E-state index is 11.8. The molecule has 128 valence electrons. The molecule has 2 aliphatic carbocycles. The normalized spacial score (nSPS) is 19.8. The standard InChI is InChI=1S/C20H14N2O4/c23-21(24)15-9-7-11-5-6-12-8-10-16(22(25)26)20-14-4-2-1-3-13(14)19(15)17(11)18(12)20/h1-7,9,16,20H,8,10H2. The first kappa shape index (κ1) is 15.0. The van der Waals surface area contributed by atoms with Crippen molar-refractivity contribution in [3.63, 3.8) is 0 Å². The summed E-state index contributed by atoms with van der Waals surface area (Å²) < 4.78 is 0. The maximum absolute atomic E-state index is 11.8. The number of aryl methyl sites for hydroxylation is 1. The molecule has 0 aliphatic heterocycles. The van der Waals surface area contributed by atoms with E-state index in [0.29, 0.717) is 18.4 Å². The van der Waals surface area contributed by atoms with E-state index in [-0.39, 0.29) is 21.5 Å². The quantitative estimate of drug-likeness (QED) is 0.506. The molecule has 0 heterocycles. The molecule has 26 heavy (non-hydrogen) atoms. The van der Waals surface area contributed by atoms with Crippen molar-refractivity contribution in [3.8, 4) is 11.1 Å². The third kappa shape index (κ3) is 1.81. The zero-order valence-electron chi connectivity index (χ0n) is 13.7. The highest BCUT2D eigenvalue weighted by atomic mass is 16.6. The third-order valence-corrected chi connectivity index (χ3v) is 5.73. The highest BCUT2D eigenvalue weighted by Crippen LogP contribution is 2.53. The number of benzene rings is 3. The SMILES string of the molecule is O=[N+]([O-])c1ccc2ccc3c4c2c1-c1ccccc1C4C([N+](=O)[O-])CC3. The first-order valence-corrected chi connectivity index (χ1v) is 8.53. The summed E-state index contributed by atoms with van der Waals surface area (Å²) in [4.78, 5) is 22.9. The van der Waals surface area contributed by atoms with Gasteiger partial charge in [0, 0.05) is 22.8 Å². The van der Waals surface area contributed by atoms with Crippen LogP contribution in [0.25, 0.3) is 21.9 Å². The van der Waals surface area contributed by atoms with E-state index < -0.39 is 6.04 Å². The molecule has 2 aliphatic rings. The van der Waals surface area contributed by atoms with Crippen LogP contribution in [-0.4, -0.2) is 15.9 Å². The van der Waals surface area contributed by atoms with Gasteiger partial charge in [-0.15, -0.1) is 0 Å². The van der Waals surface area contributed by atoms with Crippen molar-refractivity contribution in [3.05, 3.63) is 85.4 Å². The molecule has 0 aromatic heterocycles. The van der Waals surface area contributed by atoms with Crippen LogP contribution >= 0.6 is 0 Å². The van der Waals surface area contributed by atoms with Gasteiger partial charge in [0.2, 0.25) is 6.04 Å². The second-order valence-electron chi connectivity index (χ2n) is 6.91. The molecule has 3 aromatic rings. The molecule has 2 unspecified atom stereocenters. The largest absolute Gasteiger partial charge is 0.277 e. The number of hydrogen-bond donors (Lipinski definition) is 0. The smallest absolute Gasteiger partial charge is 0.264 e. The Morgan fingerprint density at radius 2 is 1.73 bits per heavy atom. The van der Waals surface area contributed by atoms with Crippen molar-refractivity contribution >= 4 is 16.5 Å². The predicted octanol–water partition coefficient (Wildman–Crippen LogP) is 4.45. The van der Waals surface area contributed by atoms with Crippen LogP contribution in [0.15, 0.2) is 48.5 Å². The van der Waals surface area contributed by atoms with E-state index in [4.69, 9.17) is 0 Å². The summed E-state index contributed by atoms with van der Waals surface area (Å²) in [5.74, 6) is -0.358. The fraction of sp³-hybridized carbons (Fsp3) is 0.200. The second-order valence-corrected chi connectivity index (χ2v) is 6.91. The first-order chi connectivity index (χ1) is 12.6. The van der Waals surface area contributed by atoms with Gasteiger partial charge in [0.25, 0.3) is 5.69 Å². The van der Waals surface area contributed by atoms with Crippen LogP contribution in [0.5, 0.6) is 0 Å². The number of rotatable bonds is 2. The molecule has 0 saturated heterocycles. The van der Waals surface area contributed by atoms with Crippen molar-refractivity contribution < 1.29 is 9.85 Å². The third-order valence-electron chi connectivity index (χ3n) is 5.73. The van der Waals surface area contributed by atoms with Crippen molar-refractivity contribution in [2.24, 2.45) is 0 Å². The van der Waals surface area contributed by atoms with E-state index in [0.717, 1.165) is 33.0 Å². The monoisotopic (exact) mass is 346 g/mol. The molecule has 0 bridgehead atoms. The van der Waals surface area contributed by atoms with Gasteiger partial charge in [-0.25, -0.2) is 0 Å². The summed E-state index contributed by atoms with van der Waals surface area (Å²) in [5.41, 5.74) is 4.20. The molecule has 0 saturated carbocycles. The lowest BCUT2D eigenvalue weighted by Crippen LogP contribution is -2.34. The average molecular weight is 346 g/mol. The zero-order chi connectivity index (χ0) is 18.0. The molecule has 0 spiro atoms. The highest BCUT2D eigenvalue weighted by Gasteiger charge is 2.44. The number of nitro groups is 2. The molecule has 0 fully saturated rings. The van der Waals surface area contributed by atoms with Crippen LogP contribution in [-0.2, 0) is 6.42 Å². The van der Waals surface area contributed by atoms with Gasteiger partial charge < -0.3 is 0 Å². The van der Waals surface area contributed by atoms with Gasteiger partial charge in [0.15, 0.2) is 0 Å². The molecule has 0 N–H and O–H groups in total. The number of hydrogen-bond acceptors (Lipinski definition) is 4. The topological polar surface area (TPSA) is 86.3 Å². The van der Waals surface area contributed by atoms with Crippen molar-refractivity contribution in [1.29, 1.82) is 0 Å². The molecule has 0 amide bonds. The summed E-state index contributed by atoms with van der Waals surface area (Å²) in [5, 5.41) is 25.2. The van der Waals surface area contributed by atoms with E-state index in [9.17, 15) is 20.2 Å². The zero-order valence-corrected chi connectivity index (χ0v) is 13.7. The van der Waals surface area contributed by atoms with Gasteiger partial charge in [-0.2, -0.15) is 0 Å². The Kier molecular flexibility index (Phi) is 2.95. The minimum atomic E-state index is -0.707. The van der Waals surface area contributed by atoms with Crippen LogP contribution in [0.3, 0.4) is 0 Å². The summed E-state index contributed by atoms with van der Waals surface area (Å²) in [6, 6.07) is 14.0. The van der Waals surface area contributed by atoms with Crippen LogP contribution < -0.4 is 0 Å². The average Bonchev–Trinajstić information content (AvgIpc) is 2.65. The van der Waals surface area contributed by atoms with E-state index in [1.807, 2.05) is 36.4 Å². The lowest BCUT2D eigenvalue weighted by Gasteiger charge is -2.35. The predicted molar refractivity (Wildman–Crippen MR) is 97.0 cm³/mol. The Bertz CT molecular complexity index is 1120. The molecule has 5 rings (SSSR count). The van der Waals surface area contributed by atoms with E-state index in [1.165, 1.54) is 6.07 Å². The lowest BCUT2D eigenvalue weighted by molar-refractivity contribution is -0.526. The Balaban J connectivity index is 2.00. The molecule has 3 aromatic carbocycles. The number of nitrogens with zero attached hydrogens (tertiary/aromatic N) is 2. The maximum Gasteiger partial charge on any atom is 0.277 e. The summed E-state index contributed by atoms with van der Waals surface area (Å²) >= 11 is 0. The van der Waals surface area contributed by atoms with E-state index >= 15 is 0 Å². The number of fused-ring (bicyclic) bond motifs is 3. The highest BCUT2D eigenvalue weighted by molar-refractivity contribution is 6.07. The Morgan fingerprint density at radius 1 is 0.962 bits per heavy atom. The van der Waals surface area contributed by atoms with E-state index in [1.54, 1.807) is 6.07 Å². The number of nitro benzene ring substituents is 1. The van der Waals surface area contributed by atoms with Gasteiger partial charge in [0.05, 0.1) is 16.4 Å². The Labute approximate surface area is 148 Å². The molecule has 0 radical (unpaired) electrons. The minimum absolute atomic E-state index is 0.0556.